The summed E-state index contributed by atoms with van der Waals surface area (Å²) in [5.74, 6) is 7.29. The Hall–Kier alpha value is -2.41. The molecule has 144 valence electrons. The van der Waals surface area contributed by atoms with Crippen LogP contribution in [-0.4, -0.2) is 5.78 Å². The lowest BCUT2D eigenvalue weighted by Crippen LogP contribution is -2.39. The smallest absolute Gasteiger partial charge is 0.176 e. The molecule has 2 aliphatic carbocycles. The van der Waals surface area contributed by atoms with Crippen LogP contribution in [0.15, 0.2) is 48.5 Å². The van der Waals surface area contributed by atoms with Crippen LogP contribution < -0.4 is 10.4 Å². The maximum atomic E-state index is 13.5. The molecule has 3 heteroatoms. The van der Waals surface area contributed by atoms with E-state index in [2.05, 4.69) is 66.5 Å². The summed E-state index contributed by atoms with van der Waals surface area (Å²) in [7, 11) is 0. The molecule has 1 aromatic carbocycles. The molecule has 29 heavy (non-hydrogen) atoms. The predicted octanol–water partition coefficient (Wildman–Crippen LogP) is 5.34. The lowest BCUT2D eigenvalue weighted by Gasteiger charge is -2.35. The Kier molecular flexibility index (Phi) is 4.99. The lowest BCUT2D eigenvalue weighted by atomic mass is 9.68. The third kappa shape index (κ3) is 3.52. The van der Waals surface area contributed by atoms with Crippen molar-refractivity contribution in [2.24, 2.45) is 17.8 Å². The van der Waals surface area contributed by atoms with Gasteiger partial charge in [0.15, 0.2) is 5.78 Å². The van der Waals surface area contributed by atoms with Crippen molar-refractivity contribution in [2.45, 2.75) is 26.2 Å². The van der Waals surface area contributed by atoms with Crippen LogP contribution in [-0.2, 0) is 0 Å². The molecule has 0 N–H and O–H groups in total. The molecule has 1 saturated carbocycles. The molecule has 0 saturated heterocycles. The summed E-state index contributed by atoms with van der Waals surface area (Å²) in [5.41, 5.74) is 0. The maximum Gasteiger partial charge on any atom is 0.176 e. The third-order valence-electron chi connectivity index (χ3n) is 6.06. The molecule has 3 aromatic rings. The van der Waals surface area contributed by atoms with E-state index in [-0.39, 0.29) is 5.92 Å². The highest BCUT2D eigenvalue weighted by Crippen LogP contribution is 2.41. The van der Waals surface area contributed by atoms with Gasteiger partial charge in [-0.15, -0.1) is 28.6 Å². The van der Waals surface area contributed by atoms with Gasteiger partial charge in [0.2, 0.25) is 0 Å². The number of Topliss-reactive ketones (excluding diaryl/α,β-unsaturated/α-hetero) is 1. The zero-order valence-corrected chi connectivity index (χ0v) is 18.0. The van der Waals surface area contributed by atoms with Crippen molar-refractivity contribution in [2.75, 3.05) is 0 Å². The van der Waals surface area contributed by atoms with Crippen molar-refractivity contribution < 1.29 is 4.79 Å². The Morgan fingerprint density at radius 1 is 0.931 bits per heavy atom. The van der Waals surface area contributed by atoms with Gasteiger partial charge >= 0.3 is 0 Å². The molecule has 3 atom stereocenters. The van der Waals surface area contributed by atoms with Gasteiger partial charge in [-0.25, -0.2) is 0 Å². The Labute approximate surface area is 179 Å². The fourth-order valence-electron chi connectivity index (χ4n) is 4.70. The Morgan fingerprint density at radius 2 is 1.69 bits per heavy atom. The van der Waals surface area contributed by atoms with Crippen molar-refractivity contribution >= 4 is 40.6 Å². The summed E-state index contributed by atoms with van der Waals surface area (Å²) in [6, 6.07) is 16.9. The SMILES string of the molecule is CC#Cc1ccc(-c2ccc(C(=O)[C@@H]3CCC[C@@H]4C=c5ccccc5=C[C@H]43)s2)s1. The van der Waals surface area contributed by atoms with Crippen LogP contribution in [0.25, 0.3) is 21.9 Å². The molecule has 0 radical (unpaired) electrons. The van der Waals surface area contributed by atoms with Gasteiger partial charge in [-0.1, -0.05) is 48.8 Å². The van der Waals surface area contributed by atoms with Crippen molar-refractivity contribution in [3.05, 3.63) is 68.7 Å². The molecule has 0 bridgehead atoms. The van der Waals surface area contributed by atoms with E-state index in [1.54, 1.807) is 22.7 Å². The summed E-state index contributed by atoms with van der Waals surface area (Å²) in [5, 5.41) is 2.60. The molecule has 0 aliphatic heterocycles. The normalized spacial score (nSPS) is 22.3. The maximum absolute atomic E-state index is 13.5. The number of hydrogen-bond donors (Lipinski definition) is 0. The molecule has 1 nitrogen and oxygen atoms in total. The van der Waals surface area contributed by atoms with Gasteiger partial charge < -0.3 is 0 Å². The van der Waals surface area contributed by atoms with Crippen molar-refractivity contribution in [3.63, 3.8) is 0 Å². The minimum Gasteiger partial charge on any atom is -0.293 e. The number of ketones is 1. The Bertz CT molecular complexity index is 1250. The van der Waals surface area contributed by atoms with Crippen LogP contribution in [0.4, 0.5) is 0 Å². The monoisotopic (exact) mass is 414 g/mol. The fourth-order valence-corrected chi connectivity index (χ4v) is 6.71. The summed E-state index contributed by atoms with van der Waals surface area (Å²) >= 11 is 3.33. The first kappa shape index (κ1) is 18.6. The van der Waals surface area contributed by atoms with Gasteiger partial charge in [0, 0.05) is 15.7 Å². The van der Waals surface area contributed by atoms with E-state index in [4.69, 9.17) is 0 Å². The molecular formula is C26H22OS2. The van der Waals surface area contributed by atoms with E-state index >= 15 is 0 Å². The number of fused-ring (bicyclic) bond motifs is 2. The van der Waals surface area contributed by atoms with E-state index in [1.165, 1.54) is 26.6 Å². The summed E-state index contributed by atoms with van der Waals surface area (Å²) in [6.45, 7) is 1.86. The van der Waals surface area contributed by atoms with E-state index in [9.17, 15) is 4.79 Å². The van der Waals surface area contributed by atoms with Crippen LogP contribution in [0.5, 0.6) is 0 Å². The Morgan fingerprint density at radius 3 is 2.52 bits per heavy atom. The first-order valence-corrected chi connectivity index (χ1v) is 11.8. The molecule has 2 heterocycles. The van der Waals surface area contributed by atoms with Gasteiger partial charge in [0.05, 0.1) is 9.75 Å². The fraction of sp³-hybridized carbons (Fsp3) is 0.269. The number of hydrogen-bond acceptors (Lipinski definition) is 3. The second-order valence-electron chi connectivity index (χ2n) is 7.81. The number of carbonyl (C=O) groups is 1. The number of carbonyl (C=O) groups excluding carboxylic acids is 1. The topological polar surface area (TPSA) is 17.1 Å². The zero-order valence-electron chi connectivity index (χ0n) is 16.4. The van der Waals surface area contributed by atoms with Gasteiger partial charge in [-0.3, -0.25) is 4.79 Å². The minimum absolute atomic E-state index is 0.0923. The molecule has 2 aliphatic rings. The van der Waals surface area contributed by atoms with Crippen LogP contribution in [0, 0.1) is 29.6 Å². The van der Waals surface area contributed by atoms with Crippen LogP contribution in [0.2, 0.25) is 0 Å². The predicted molar refractivity (Wildman–Crippen MR) is 123 cm³/mol. The highest BCUT2D eigenvalue weighted by atomic mass is 32.1. The Balaban J connectivity index is 1.44. The average Bonchev–Trinajstić information content (AvgIpc) is 3.41. The van der Waals surface area contributed by atoms with Gasteiger partial charge in [0.25, 0.3) is 0 Å². The van der Waals surface area contributed by atoms with Crippen molar-refractivity contribution in [1.82, 2.24) is 0 Å². The van der Waals surface area contributed by atoms with Crippen LogP contribution in [0.3, 0.4) is 0 Å². The van der Waals surface area contributed by atoms with Crippen LogP contribution >= 0.6 is 22.7 Å². The largest absolute Gasteiger partial charge is 0.293 e. The number of benzene rings is 1. The molecule has 5 rings (SSSR count). The molecule has 1 fully saturated rings. The third-order valence-corrected chi connectivity index (χ3v) is 8.35. The van der Waals surface area contributed by atoms with Crippen LogP contribution in [0.1, 0.15) is 40.7 Å². The van der Waals surface area contributed by atoms with E-state index in [0.29, 0.717) is 17.6 Å². The standard InChI is InChI=1S/C26H22OS2/c1-2-6-20-11-12-23(28-20)24-13-14-25(29-24)26(27)21-10-5-9-19-15-17-7-3-4-8-18(17)16-22(19)21/h3-4,7-8,11-16,19,21-22H,5,9-10H2,1H3/t19-,21-,22-/m1/s1. The quantitative estimate of drug-likeness (QED) is 0.418. The number of rotatable bonds is 3. The average molecular weight is 415 g/mol. The molecule has 0 spiro atoms. The summed E-state index contributed by atoms with van der Waals surface area (Å²) in [4.78, 5) is 17.8. The van der Waals surface area contributed by atoms with E-state index in [0.717, 1.165) is 22.6 Å². The van der Waals surface area contributed by atoms with Crippen molar-refractivity contribution in [3.8, 4) is 21.6 Å². The van der Waals surface area contributed by atoms with E-state index < -0.39 is 0 Å². The first-order valence-electron chi connectivity index (χ1n) is 10.2. The molecular weight excluding hydrogens is 392 g/mol. The lowest BCUT2D eigenvalue weighted by molar-refractivity contribution is 0.0844. The number of thiophene rings is 2. The zero-order chi connectivity index (χ0) is 19.8. The molecule has 0 amide bonds. The van der Waals surface area contributed by atoms with Gasteiger partial charge in [0.1, 0.15) is 0 Å². The van der Waals surface area contributed by atoms with Gasteiger partial charge in [-0.05, 0) is 66.3 Å². The van der Waals surface area contributed by atoms with Gasteiger partial charge in [-0.2, -0.15) is 0 Å². The van der Waals surface area contributed by atoms with Crippen molar-refractivity contribution in [1.29, 1.82) is 0 Å². The second-order valence-corrected chi connectivity index (χ2v) is 9.98. The highest BCUT2D eigenvalue weighted by molar-refractivity contribution is 7.23. The molecule has 0 unspecified atom stereocenters. The highest BCUT2D eigenvalue weighted by Gasteiger charge is 2.36. The summed E-state index contributed by atoms with van der Waals surface area (Å²) in [6.07, 6.45) is 8.08. The first-order chi connectivity index (χ1) is 14.2. The van der Waals surface area contributed by atoms with E-state index in [1.807, 2.05) is 13.0 Å². The minimum atomic E-state index is 0.0923. The second kappa shape index (κ2) is 7.78. The summed E-state index contributed by atoms with van der Waals surface area (Å²) < 4.78 is 0. The molecule has 2 aromatic heterocycles.